The number of alkyl carbamates (subject to hydrolysis) is 1. The summed E-state index contributed by atoms with van der Waals surface area (Å²) in [6.45, 7) is 4.03. The van der Waals surface area contributed by atoms with Gasteiger partial charge in [0, 0.05) is 29.4 Å². The van der Waals surface area contributed by atoms with Crippen molar-refractivity contribution in [1.82, 2.24) is 5.32 Å². The smallest absolute Gasteiger partial charge is 0.407 e. The molecule has 0 aliphatic rings. The van der Waals surface area contributed by atoms with E-state index in [1.165, 1.54) is 0 Å². The van der Waals surface area contributed by atoms with Crippen molar-refractivity contribution in [3.63, 3.8) is 0 Å². The summed E-state index contributed by atoms with van der Waals surface area (Å²) in [5, 5.41) is 13.1. The van der Waals surface area contributed by atoms with Gasteiger partial charge in [-0.05, 0) is 42.7 Å². The molecule has 162 valence electrons. The second-order valence-electron chi connectivity index (χ2n) is 7.01. The van der Waals surface area contributed by atoms with Gasteiger partial charge in [-0.1, -0.05) is 53.5 Å². The number of hydrogen-bond acceptors (Lipinski definition) is 4. The van der Waals surface area contributed by atoms with Crippen molar-refractivity contribution < 1.29 is 24.2 Å². The van der Waals surface area contributed by atoms with Crippen LogP contribution in [0.5, 0.6) is 0 Å². The highest BCUT2D eigenvalue weighted by atomic mass is 35.5. The number of amides is 1. The number of ether oxygens (including phenoxy) is 2. The Morgan fingerprint density at radius 2 is 1.83 bits per heavy atom. The fraction of sp³-hybridized carbons (Fsp3) is 0.364. The molecule has 0 saturated heterocycles. The third-order valence-electron chi connectivity index (χ3n) is 4.18. The van der Waals surface area contributed by atoms with E-state index in [4.69, 9.17) is 32.7 Å². The highest BCUT2D eigenvalue weighted by Gasteiger charge is 2.20. The molecule has 2 aromatic carbocycles. The summed E-state index contributed by atoms with van der Waals surface area (Å²) in [6, 6.07) is 12.5. The molecule has 0 fully saturated rings. The van der Waals surface area contributed by atoms with Gasteiger partial charge in [0.25, 0.3) is 0 Å². The molecule has 30 heavy (non-hydrogen) atoms. The van der Waals surface area contributed by atoms with E-state index in [1.54, 1.807) is 32.0 Å². The van der Waals surface area contributed by atoms with Gasteiger partial charge in [0.2, 0.25) is 0 Å². The summed E-state index contributed by atoms with van der Waals surface area (Å²) >= 11 is 12.0. The number of hydrogen-bond donors (Lipinski definition) is 2. The topological polar surface area (TPSA) is 84.9 Å². The summed E-state index contributed by atoms with van der Waals surface area (Å²) < 4.78 is 10.6. The van der Waals surface area contributed by atoms with Gasteiger partial charge >= 0.3 is 12.1 Å². The lowest BCUT2D eigenvalue weighted by Crippen LogP contribution is -2.29. The van der Waals surface area contributed by atoms with Crippen LogP contribution < -0.4 is 5.32 Å². The number of carboxylic acids is 1. The molecule has 0 heterocycles. The average Bonchev–Trinajstić information content (AvgIpc) is 2.67. The van der Waals surface area contributed by atoms with Crippen LogP contribution in [0.2, 0.25) is 10.0 Å². The van der Waals surface area contributed by atoms with Gasteiger partial charge in [0.15, 0.2) is 6.10 Å². The predicted octanol–water partition coefficient (Wildman–Crippen LogP) is 4.88. The van der Waals surface area contributed by atoms with Crippen LogP contribution in [0.1, 0.15) is 30.5 Å². The number of carbonyl (C=O) groups excluding carboxylic acids is 1. The number of aliphatic carboxylic acids is 1. The molecule has 0 bridgehead atoms. The number of rotatable bonds is 10. The lowest BCUT2D eigenvalue weighted by atomic mass is 10.0. The number of carbonyl (C=O) groups is 2. The molecule has 0 aliphatic heterocycles. The maximum Gasteiger partial charge on any atom is 0.407 e. The zero-order valence-corrected chi connectivity index (χ0v) is 18.4. The van der Waals surface area contributed by atoms with Crippen LogP contribution in [0.15, 0.2) is 42.5 Å². The summed E-state index contributed by atoms with van der Waals surface area (Å²) in [4.78, 5) is 23.3. The van der Waals surface area contributed by atoms with Crippen molar-refractivity contribution in [2.24, 2.45) is 0 Å². The number of carboxylic acid groups (broad SMARTS) is 1. The van der Waals surface area contributed by atoms with Gasteiger partial charge in [-0.2, -0.15) is 0 Å². The van der Waals surface area contributed by atoms with Crippen molar-refractivity contribution in [3.8, 4) is 0 Å². The van der Waals surface area contributed by atoms with Crippen LogP contribution in [-0.2, 0) is 33.7 Å². The Balaban J connectivity index is 1.81. The first-order valence-electron chi connectivity index (χ1n) is 9.55. The number of halogens is 2. The van der Waals surface area contributed by atoms with Crippen molar-refractivity contribution in [1.29, 1.82) is 0 Å². The Morgan fingerprint density at radius 1 is 1.10 bits per heavy atom. The average molecular weight is 454 g/mol. The first-order chi connectivity index (χ1) is 14.2. The molecule has 0 spiro atoms. The molecular formula is C22H25Cl2NO5. The van der Waals surface area contributed by atoms with Gasteiger partial charge in [-0.3, -0.25) is 0 Å². The van der Waals surface area contributed by atoms with Crippen LogP contribution in [0, 0.1) is 0 Å². The third-order valence-corrected chi connectivity index (χ3v) is 4.77. The van der Waals surface area contributed by atoms with Crippen LogP contribution in [0.4, 0.5) is 4.79 Å². The number of benzene rings is 2. The Morgan fingerprint density at radius 3 is 2.50 bits per heavy atom. The van der Waals surface area contributed by atoms with Crippen LogP contribution in [0.3, 0.4) is 0 Å². The normalized spacial score (nSPS) is 11.9. The molecule has 2 aromatic rings. The van der Waals surface area contributed by atoms with Gasteiger partial charge in [0.05, 0.1) is 12.7 Å². The Hall–Kier alpha value is -2.28. The lowest BCUT2D eigenvalue weighted by molar-refractivity contribution is -0.153. The minimum Gasteiger partial charge on any atom is -0.479 e. The SMILES string of the molecule is CC(C)O[C@@H](Cc1cccc(CNC(=O)OCCc2ccc(Cl)cc2Cl)c1)C(=O)O. The highest BCUT2D eigenvalue weighted by Crippen LogP contribution is 2.21. The molecule has 2 rings (SSSR count). The molecular weight excluding hydrogens is 429 g/mol. The van der Waals surface area contributed by atoms with Crippen LogP contribution >= 0.6 is 23.2 Å². The predicted molar refractivity (Wildman–Crippen MR) is 116 cm³/mol. The molecule has 8 heteroatoms. The summed E-state index contributed by atoms with van der Waals surface area (Å²) in [5.41, 5.74) is 2.49. The minimum absolute atomic E-state index is 0.181. The molecule has 1 amide bonds. The molecule has 0 aliphatic carbocycles. The summed E-state index contributed by atoms with van der Waals surface area (Å²) in [5.74, 6) is -1.00. The van der Waals surface area contributed by atoms with Crippen molar-refractivity contribution >= 4 is 35.3 Å². The Bertz CT molecular complexity index is 872. The van der Waals surface area contributed by atoms with E-state index in [-0.39, 0.29) is 25.7 Å². The molecule has 6 nitrogen and oxygen atoms in total. The number of nitrogens with one attached hydrogen (secondary N) is 1. The van der Waals surface area contributed by atoms with E-state index in [0.29, 0.717) is 16.5 Å². The minimum atomic E-state index is -1.00. The van der Waals surface area contributed by atoms with E-state index in [9.17, 15) is 14.7 Å². The van der Waals surface area contributed by atoms with E-state index in [0.717, 1.165) is 16.7 Å². The first kappa shape index (κ1) is 24.0. The molecule has 0 unspecified atom stereocenters. The fourth-order valence-electron chi connectivity index (χ4n) is 2.81. The van der Waals surface area contributed by atoms with E-state index in [1.807, 2.05) is 24.3 Å². The van der Waals surface area contributed by atoms with Gasteiger partial charge < -0.3 is 19.9 Å². The molecule has 1 atom stereocenters. The van der Waals surface area contributed by atoms with Gasteiger partial charge in [0.1, 0.15) is 0 Å². The van der Waals surface area contributed by atoms with Gasteiger partial charge in [-0.25, -0.2) is 9.59 Å². The monoisotopic (exact) mass is 453 g/mol. The first-order valence-corrected chi connectivity index (χ1v) is 10.3. The zero-order valence-electron chi connectivity index (χ0n) is 16.9. The molecule has 2 N–H and O–H groups in total. The largest absolute Gasteiger partial charge is 0.479 e. The van der Waals surface area contributed by atoms with E-state index >= 15 is 0 Å². The molecule has 0 radical (unpaired) electrons. The standard InChI is InChI=1S/C22H25Cl2NO5/c1-14(2)30-20(21(26)27)11-15-4-3-5-16(10-15)13-25-22(28)29-9-8-17-6-7-18(23)12-19(17)24/h3-7,10,12,14,20H,8-9,11,13H2,1-2H3,(H,25,28)(H,26,27)/t20-/m0/s1. The Labute approximate surface area is 186 Å². The third kappa shape index (κ3) is 8.22. The van der Waals surface area contributed by atoms with Gasteiger partial charge in [-0.15, -0.1) is 0 Å². The summed E-state index contributed by atoms with van der Waals surface area (Å²) in [6.07, 6.45) is -0.928. The maximum absolute atomic E-state index is 11.9. The molecule has 0 saturated carbocycles. The van der Waals surface area contributed by atoms with Crippen LogP contribution in [-0.4, -0.2) is 36.0 Å². The van der Waals surface area contributed by atoms with Crippen molar-refractivity contribution in [2.45, 2.75) is 45.4 Å². The lowest BCUT2D eigenvalue weighted by Gasteiger charge is -2.17. The maximum atomic E-state index is 11.9. The molecule has 0 aromatic heterocycles. The Kier molecular flexibility index (Phi) is 9.43. The summed E-state index contributed by atoms with van der Waals surface area (Å²) in [7, 11) is 0. The van der Waals surface area contributed by atoms with Crippen LogP contribution in [0.25, 0.3) is 0 Å². The van der Waals surface area contributed by atoms with E-state index in [2.05, 4.69) is 5.32 Å². The quantitative estimate of drug-likeness (QED) is 0.535. The van der Waals surface area contributed by atoms with E-state index < -0.39 is 18.2 Å². The zero-order chi connectivity index (χ0) is 22.1. The second-order valence-corrected chi connectivity index (χ2v) is 7.85. The fourth-order valence-corrected chi connectivity index (χ4v) is 3.31. The van der Waals surface area contributed by atoms with Crippen molar-refractivity contribution in [3.05, 3.63) is 69.2 Å². The highest BCUT2D eigenvalue weighted by molar-refractivity contribution is 6.35. The second kappa shape index (κ2) is 11.8. The van der Waals surface area contributed by atoms with Crippen molar-refractivity contribution in [2.75, 3.05) is 6.61 Å².